The van der Waals surface area contributed by atoms with E-state index < -0.39 is 0 Å². The zero-order valence-corrected chi connectivity index (χ0v) is 12.3. The largest absolute Gasteiger partial charge is 0.325 e. The minimum Gasteiger partial charge on any atom is -0.325 e. The Bertz CT molecular complexity index is 599. The summed E-state index contributed by atoms with van der Waals surface area (Å²) in [6.07, 6.45) is 0.634. The molecule has 0 radical (unpaired) electrons. The maximum absolute atomic E-state index is 12.9. The van der Waals surface area contributed by atoms with Gasteiger partial charge in [-0.2, -0.15) is 0 Å². The molecule has 1 atom stereocenters. The lowest BCUT2D eigenvalue weighted by Gasteiger charge is -2.14. The van der Waals surface area contributed by atoms with Gasteiger partial charge in [0.25, 0.3) is 0 Å². The molecule has 0 fully saturated rings. The summed E-state index contributed by atoms with van der Waals surface area (Å²) < 4.78 is 25.7. The van der Waals surface area contributed by atoms with Crippen LogP contribution in [-0.4, -0.2) is 11.2 Å². The van der Waals surface area contributed by atoms with Gasteiger partial charge in [-0.1, -0.05) is 6.92 Å². The molecule has 0 unspecified atom stereocenters. The highest BCUT2D eigenvalue weighted by atomic mass is 32.2. The first-order valence-electron chi connectivity index (χ1n) is 6.57. The Hall–Kier alpha value is -1.88. The van der Waals surface area contributed by atoms with Crippen molar-refractivity contribution in [1.29, 1.82) is 0 Å². The topological polar surface area (TPSA) is 29.1 Å². The fourth-order valence-electron chi connectivity index (χ4n) is 1.76. The van der Waals surface area contributed by atoms with Gasteiger partial charge in [0.15, 0.2) is 0 Å². The van der Waals surface area contributed by atoms with Gasteiger partial charge in [-0.3, -0.25) is 4.79 Å². The zero-order chi connectivity index (χ0) is 15.2. The van der Waals surface area contributed by atoms with Gasteiger partial charge in [-0.05, 0) is 55.0 Å². The predicted octanol–water partition coefficient (Wildman–Crippen LogP) is 4.47. The molecule has 2 aromatic carbocycles. The summed E-state index contributed by atoms with van der Waals surface area (Å²) in [6, 6.07) is 11.7. The van der Waals surface area contributed by atoms with Gasteiger partial charge in [-0.25, -0.2) is 8.78 Å². The van der Waals surface area contributed by atoms with E-state index in [9.17, 15) is 13.6 Å². The molecular formula is C16H15F2NOS. The SMILES string of the molecule is CC[C@@H](Sc1ccc(F)cc1)C(=O)Nc1ccc(F)cc1. The van der Waals surface area contributed by atoms with Crippen molar-refractivity contribution >= 4 is 23.4 Å². The Morgan fingerprint density at radius 3 is 2.10 bits per heavy atom. The van der Waals surface area contributed by atoms with E-state index in [1.165, 1.54) is 48.2 Å². The number of halogens is 2. The number of carbonyl (C=O) groups is 1. The Labute approximate surface area is 126 Å². The van der Waals surface area contributed by atoms with Crippen molar-refractivity contribution in [3.05, 3.63) is 60.2 Å². The molecule has 0 aliphatic heterocycles. The van der Waals surface area contributed by atoms with Gasteiger partial charge >= 0.3 is 0 Å². The highest BCUT2D eigenvalue weighted by Crippen LogP contribution is 2.26. The normalized spacial score (nSPS) is 12.0. The second-order valence-electron chi connectivity index (χ2n) is 4.46. The van der Waals surface area contributed by atoms with E-state index in [1.54, 1.807) is 12.1 Å². The minimum atomic E-state index is -0.347. The molecule has 0 aromatic heterocycles. The molecule has 0 aliphatic carbocycles. The van der Waals surface area contributed by atoms with E-state index in [0.29, 0.717) is 12.1 Å². The molecule has 0 spiro atoms. The van der Waals surface area contributed by atoms with Crippen molar-refractivity contribution in [2.45, 2.75) is 23.5 Å². The lowest BCUT2D eigenvalue weighted by molar-refractivity contribution is -0.115. The maximum Gasteiger partial charge on any atom is 0.237 e. The quantitative estimate of drug-likeness (QED) is 0.826. The fourth-order valence-corrected chi connectivity index (χ4v) is 2.71. The van der Waals surface area contributed by atoms with E-state index in [0.717, 1.165) is 4.90 Å². The second kappa shape index (κ2) is 7.22. The molecule has 5 heteroatoms. The number of amides is 1. The molecule has 110 valence electrons. The van der Waals surface area contributed by atoms with Gasteiger partial charge < -0.3 is 5.32 Å². The van der Waals surface area contributed by atoms with Gasteiger partial charge in [-0.15, -0.1) is 11.8 Å². The molecule has 1 amide bonds. The average Bonchev–Trinajstić information content (AvgIpc) is 2.49. The number of carbonyl (C=O) groups excluding carboxylic acids is 1. The summed E-state index contributed by atoms with van der Waals surface area (Å²) in [5, 5.41) is 2.46. The van der Waals surface area contributed by atoms with Crippen LogP contribution in [-0.2, 0) is 4.79 Å². The molecule has 0 saturated carbocycles. The fraction of sp³-hybridized carbons (Fsp3) is 0.188. The van der Waals surface area contributed by atoms with Crippen LogP contribution in [0.2, 0.25) is 0 Å². The summed E-state index contributed by atoms with van der Waals surface area (Å²) in [5.74, 6) is -0.803. The van der Waals surface area contributed by atoms with Crippen molar-refractivity contribution < 1.29 is 13.6 Å². The van der Waals surface area contributed by atoms with Crippen molar-refractivity contribution in [3.8, 4) is 0 Å². The highest BCUT2D eigenvalue weighted by molar-refractivity contribution is 8.00. The zero-order valence-electron chi connectivity index (χ0n) is 11.5. The molecule has 2 aromatic rings. The number of hydrogen-bond donors (Lipinski definition) is 1. The van der Waals surface area contributed by atoms with Crippen LogP contribution in [0.4, 0.5) is 14.5 Å². The maximum atomic E-state index is 12.9. The van der Waals surface area contributed by atoms with Crippen LogP contribution in [0.15, 0.2) is 53.4 Å². The molecule has 0 aliphatic rings. The number of rotatable bonds is 5. The molecule has 2 rings (SSSR count). The summed E-state index contributed by atoms with van der Waals surface area (Å²) in [6.45, 7) is 1.91. The van der Waals surface area contributed by atoms with Crippen LogP contribution in [0.1, 0.15) is 13.3 Å². The molecule has 0 saturated heterocycles. The van der Waals surface area contributed by atoms with Crippen LogP contribution in [0.5, 0.6) is 0 Å². The van der Waals surface area contributed by atoms with Crippen molar-refractivity contribution in [2.75, 3.05) is 5.32 Å². The second-order valence-corrected chi connectivity index (χ2v) is 5.74. The number of nitrogens with one attached hydrogen (secondary N) is 1. The summed E-state index contributed by atoms with van der Waals surface area (Å²) in [5.41, 5.74) is 0.555. The number of benzene rings is 2. The summed E-state index contributed by atoms with van der Waals surface area (Å²) in [4.78, 5) is 13.0. The highest BCUT2D eigenvalue weighted by Gasteiger charge is 2.18. The first-order valence-corrected chi connectivity index (χ1v) is 7.45. The van der Waals surface area contributed by atoms with Crippen LogP contribution < -0.4 is 5.32 Å². The van der Waals surface area contributed by atoms with E-state index >= 15 is 0 Å². The van der Waals surface area contributed by atoms with Crippen molar-refractivity contribution in [3.63, 3.8) is 0 Å². The molecule has 0 heterocycles. The van der Waals surface area contributed by atoms with Crippen LogP contribution in [0.3, 0.4) is 0 Å². The number of anilines is 1. The van der Waals surface area contributed by atoms with E-state index in [2.05, 4.69) is 5.32 Å². The molecule has 1 N–H and O–H groups in total. The Balaban J connectivity index is 2.01. The molecule has 0 bridgehead atoms. The minimum absolute atomic E-state index is 0.154. The third-order valence-electron chi connectivity index (χ3n) is 2.87. The molecular weight excluding hydrogens is 292 g/mol. The monoisotopic (exact) mass is 307 g/mol. The first-order chi connectivity index (χ1) is 10.1. The first kappa shape index (κ1) is 15.5. The Morgan fingerprint density at radius 1 is 1.05 bits per heavy atom. The van der Waals surface area contributed by atoms with Crippen molar-refractivity contribution in [1.82, 2.24) is 0 Å². The smallest absolute Gasteiger partial charge is 0.237 e. The van der Waals surface area contributed by atoms with E-state index in [-0.39, 0.29) is 22.8 Å². The molecule has 21 heavy (non-hydrogen) atoms. The third-order valence-corrected chi connectivity index (χ3v) is 4.24. The van der Waals surface area contributed by atoms with Crippen LogP contribution in [0.25, 0.3) is 0 Å². The summed E-state index contributed by atoms with van der Waals surface area (Å²) >= 11 is 1.38. The number of hydrogen-bond acceptors (Lipinski definition) is 2. The Kier molecular flexibility index (Phi) is 5.33. The van der Waals surface area contributed by atoms with E-state index in [4.69, 9.17) is 0 Å². The van der Waals surface area contributed by atoms with Crippen molar-refractivity contribution in [2.24, 2.45) is 0 Å². The van der Waals surface area contributed by atoms with Gasteiger partial charge in [0.2, 0.25) is 5.91 Å². The Morgan fingerprint density at radius 2 is 1.57 bits per heavy atom. The predicted molar refractivity (Wildman–Crippen MR) is 81.4 cm³/mol. The van der Waals surface area contributed by atoms with Gasteiger partial charge in [0.1, 0.15) is 11.6 Å². The third kappa shape index (κ3) is 4.56. The van der Waals surface area contributed by atoms with Gasteiger partial charge in [0.05, 0.1) is 5.25 Å². The van der Waals surface area contributed by atoms with Gasteiger partial charge in [0, 0.05) is 10.6 Å². The lowest BCUT2D eigenvalue weighted by atomic mass is 10.2. The average molecular weight is 307 g/mol. The lowest BCUT2D eigenvalue weighted by Crippen LogP contribution is -2.24. The number of thioether (sulfide) groups is 1. The van der Waals surface area contributed by atoms with Crippen LogP contribution in [0, 0.1) is 11.6 Å². The molecule has 2 nitrogen and oxygen atoms in total. The standard InChI is InChI=1S/C16H15F2NOS/c1-2-15(21-14-9-5-12(18)6-10-14)16(20)19-13-7-3-11(17)4-8-13/h3-10,15H,2H2,1H3,(H,19,20)/t15-/m1/s1. The summed E-state index contributed by atoms with van der Waals surface area (Å²) in [7, 11) is 0. The van der Waals surface area contributed by atoms with E-state index in [1.807, 2.05) is 6.92 Å². The van der Waals surface area contributed by atoms with Crippen LogP contribution >= 0.6 is 11.8 Å².